The highest BCUT2D eigenvalue weighted by molar-refractivity contribution is 9.10. The van der Waals surface area contributed by atoms with Crippen molar-refractivity contribution >= 4 is 27.9 Å². The van der Waals surface area contributed by atoms with Gasteiger partial charge < -0.3 is 26.0 Å². The molecule has 2 fully saturated rings. The van der Waals surface area contributed by atoms with E-state index in [1.807, 2.05) is 0 Å². The van der Waals surface area contributed by atoms with Gasteiger partial charge in [-0.05, 0) is 34.8 Å². The summed E-state index contributed by atoms with van der Waals surface area (Å²) in [6.45, 7) is 0. The Hall–Kier alpha value is -1.54. The highest BCUT2D eigenvalue weighted by Crippen LogP contribution is 2.27. The van der Waals surface area contributed by atoms with Gasteiger partial charge in [-0.15, -0.1) is 0 Å². The summed E-state index contributed by atoms with van der Waals surface area (Å²) in [7, 11) is 1.78. The van der Waals surface area contributed by atoms with Crippen molar-refractivity contribution in [1.82, 2.24) is 15.2 Å². The molecule has 1 aliphatic heterocycles. The second kappa shape index (κ2) is 5.84. The number of primary amides is 1. The van der Waals surface area contributed by atoms with Crippen LogP contribution in [0.1, 0.15) is 23.3 Å². The number of hydrogen-bond acceptors (Lipinski definition) is 3. The van der Waals surface area contributed by atoms with Gasteiger partial charge in [0.25, 0.3) is 5.91 Å². The van der Waals surface area contributed by atoms with Crippen LogP contribution in [0.3, 0.4) is 0 Å². The summed E-state index contributed by atoms with van der Waals surface area (Å²) in [6.07, 6.45) is 2.86. The van der Waals surface area contributed by atoms with Crippen LogP contribution in [-0.4, -0.2) is 52.2 Å². The second-order valence-electron chi connectivity index (χ2n) is 4.96. The van der Waals surface area contributed by atoms with Crippen molar-refractivity contribution in [2.45, 2.75) is 31.0 Å². The largest absolute Gasteiger partial charge is 0.393 e. The number of H-pyrrole nitrogens is 1. The van der Waals surface area contributed by atoms with Crippen LogP contribution in [-0.2, 0) is 0 Å². The van der Waals surface area contributed by atoms with E-state index in [-0.39, 0.29) is 24.2 Å². The van der Waals surface area contributed by atoms with Crippen molar-refractivity contribution in [2.24, 2.45) is 5.73 Å². The van der Waals surface area contributed by atoms with Gasteiger partial charge >= 0.3 is 6.03 Å². The van der Waals surface area contributed by atoms with E-state index in [0.717, 1.165) is 10.9 Å². The van der Waals surface area contributed by atoms with Crippen LogP contribution in [0.5, 0.6) is 0 Å². The number of hydrogen-bond donors (Lipinski definition) is 4. The van der Waals surface area contributed by atoms with Crippen LogP contribution in [0.15, 0.2) is 16.7 Å². The van der Waals surface area contributed by atoms with Gasteiger partial charge in [0.15, 0.2) is 0 Å². The number of carbonyl (C=O) groups is 2. The Morgan fingerprint density at radius 3 is 2.70 bits per heavy atom. The molecule has 2 heterocycles. The van der Waals surface area contributed by atoms with Crippen molar-refractivity contribution < 1.29 is 14.7 Å². The number of carbonyl (C=O) groups excluding carboxylic acids is 2. The molecule has 8 heteroatoms. The van der Waals surface area contributed by atoms with E-state index in [4.69, 9.17) is 5.73 Å². The normalized spacial score (nSPS) is 27.6. The average molecular weight is 345 g/mol. The monoisotopic (exact) mass is 344 g/mol. The van der Waals surface area contributed by atoms with Crippen LogP contribution in [0, 0.1) is 0 Å². The standard InChI is InChI=1S/C7H12N2O2.C5H5BrN2O/c1-9-6-3-4(10)2-5(6)8-7(9)11;6-3-1-4(5(7)9)8-2-3/h4-6,10H,2-3H2,1H3,(H,8,11);1-2,8H,(H2,7,9)/t4-,5?,6?;/m1./s1. The number of nitrogens with one attached hydrogen (secondary N) is 2. The zero-order valence-electron chi connectivity index (χ0n) is 11.0. The third-order valence-electron chi connectivity index (χ3n) is 3.54. The molecule has 20 heavy (non-hydrogen) atoms. The number of aromatic nitrogens is 1. The molecule has 0 radical (unpaired) electrons. The Bertz CT molecular complexity index is 519. The Morgan fingerprint density at radius 1 is 1.55 bits per heavy atom. The number of fused-ring (bicyclic) bond motifs is 1. The van der Waals surface area contributed by atoms with E-state index in [2.05, 4.69) is 26.2 Å². The van der Waals surface area contributed by atoms with Crippen LogP contribution < -0.4 is 11.1 Å². The number of nitrogens with two attached hydrogens (primary N) is 1. The maximum absolute atomic E-state index is 11.0. The minimum atomic E-state index is -0.444. The molecule has 0 bridgehead atoms. The molecule has 2 unspecified atom stereocenters. The maximum Gasteiger partial charge on any atom is 0.317 e. The summed E-state index contributed by atoms with van der Waals surface area (Å²) in [4.78, 5) is 25.8. The zero-order valence-corrected chi connectivity index (χ0v) is 12.6. The Labute approximate surface area is 124 Å². The molecule has 3 rings (SSSR count). The molecule has 0 aromatic carbocycles. The number of amides is 3. The molecule has 1 aromatic rings. The molecule has 5 N–H and O–H groups in total. The van der Waals surface area contributed by atoms with E-state index >= 15 is 0 Å². The predicted molar refractivity (Wildman–Crippen MR) is 76.1 cm³/mol. The number of likely N-dealkylation sites (N-methyl/N-ethyl adjacent to an activating group) is 1. The predicted octanol–water partition coefficient (Wildman–Crippen LogP) is 0.409. The topological polar surface area (TPSA) is 111 Å². The van der Waals surface area contributed by atoms with E-state index in [1.54, 1.807) is 24.2 Å². The van der Waals surface area contributed by atoms with Crippen molar-refractivity contribution in [3.8, 4) is 0 Å². The smallest absolute Gasteiger partial charge is 0.317 e. The fourth-order valence-corrected chi connectivity index (χ4v) is 2.84. The van der Waals surface area contributed by atoms with Crippen molar-refractivity contribution in [2.75, 3.05) is 7.05 Å². The van der Waals surface area contributed by atoms with Gasteiger partial charge in [0.2, 0.25) is 0 Å². The fourth-order valence-electron chi connectivity index (χ4n) is 2.49. The molecular formula is C12H17BrN4O3. The van der Waals surface area contributed by atoms with Crippen molar-refractivity contribution in [3.63, 3.8) is 0 Å². The van der Waals surface area contributed by atoms with Crippen LogP contribution in [0.25, 0.3) is 0 Å². The minimum absolute atomic E-state index is 0.00750. The van der Waals surface area contributed by atoms with Crippen LogP contribution >= 0.6 is 15.9 Å². The van der Waals surface area contributed by atoms with Crippen LogP contribution in [0.2, 0.25) is 0 Å². The first-order chi connectivity index (χ1) is 9.38. The molecule has 3 amide bonds. The van der Waals surface area contributed by atoms with E-state index in [9.17, 15) is 14.7 Å². The molecule has 2 aliphatic rings. The molecule has 110 valence electrons. The highest BCUT2D eigenvalue weighted by Gasteiger charge is 2.43. The minimum Gasteiger partial charge on any atom is -0.393 e. The summed E-state index contributed by atoms with van der Waals surface area (Å²) >= 11 is 3.16. The number of urea groups is 1. The molecule has 3 atom stereocenters. The fraction of sp³-hybridized carbons (Fsp3) is 0.500. The Morgan fingerprint density at radius 2 is 2.25 bits per heavy atom. The molecular weight excluding hydrogens is 328 g/mol. The van der Waals surface area contributed by atoms with Gasteiger partial charge in [-0.2, -0.15) is 0 Å². The lowest BCUT2D eigenvalue weighted by Gasteiger charge is -2.15. The molecule has 1 aliphatic carbocycles. The van der Waals surface area contributed by atoms with Crippen molar-refractivity contribution in [3.05, 3.63) is 22.4 Å². The number of aliphatic hydroxyl groups is 1. The van der Waals surface area contributed by atoms with Gasteiger partial charge in [-0.25, -0.2) is 4.79 Å². The number of nitrogens with zero attached hydrogens (tertiary/aromatic N) is 1. The first kappa shape index (κ1) is 14.9. The summed E-state index contributed by atoms with van der Waals surface area (Å²) in [6, 6.07) is 2.02. The third-order valence-corrected chi connectivity index (χ3v) is 4.00. The first-order valence-electron chi connectivity index (χ1n) is 6.23. The Balaban J connectivity index is 0.000000151. The summed E-state index contributed by atoms with van der Waals surface area (Å²) in [5.41, 5.74) is 5.35. The van der Waals surface area contributed by atoms with E-state index < -0.39 is 5.91 Å². The summed E-state index contributed by atoms with van der Waals surface area (Å²) in [5, 5.41) is 12.1. The highest BCUT2D eigenvalue weighted by atomic mass is 79.9. The third kappa shape index (κ3) is 3.13. The quantitative estimate of drug-likeness (QED) is 0.591. The number of aliphatic hydroxyl groups excluding tert-OH is 1. The van der Waals surface area contributed by atoms with Crippen molar-refractivity contribution in [1.29, 1.82) is 0 Å². The van der Waals surface area contributed by atoms with Gasteiger partial charge in [-0.3, -0.25) is 4.79 Å². The number of rotatable bonds is 1. The van der Waals surface area contributed by atoms with E-state index in [0.29, 0.717) is 12.1 Å². The lowest BCUT2D eigenvalue weighted by atomic mass is 10.2. The first-order valence-corrected chi connectivity index (χ1v) is 7.03. The summed E-state index contributed by atoms with van der Waals surface area (Å²) in [5.74, 6) is -0.444. The number of halogens is 1. The Kier molecular flexibility index (Phi) is 4.34. The van der Waals surface area contributed by atoms with E-state index in [1.165, 1.54) is 0 Å². The van der Waals surface area contributed by atoms with Gasteiger partial charge in [0.05, 0.1) is 18.2 Å². The molecule has 1 saturated heterocycles. The lowest BCUT2D eigenvalue weighted by molar-refractivity contribution is 0.0996. The van der Waals surface area contributed by atoms with Crippen LogP contribution in [0.4, 0.5) is 4.79 Å². The average Bonchev–Trinajstić information content (AvgIpc) is 3.01. The zero-order chi connectivity index (χ0) is 14.9. The van der Waals surface area contributed by atoms with Gasteiger partial charge in [-0.1, -0.05) is 0 Å². The molecule has 1 saturated carbocycles. The SMILES string of the molecule is CN1C(=O)NC2C[C@@H](O)CC21.NC(=O)c1cc(Br)c[nH]1. The second-order valence-corrected chi connectivity index (χ2v) is 5.87. The summed E-state index contributed by atoms with van der Waals surface area (Å²) < 4.78 is 0.830. The molecule has 0 spiro atoms. The molecule has 7 nitrogen and oxygen atoms in total. The maximum atomic E-state index is 11.0. The molecule has 1 aromatic heterocycles. The van der Waals surface area contributed by atoms with Gasteiger partial charge in [0, 0.05) is 17.7 Å². The van der Waals surface area contributed by atoms with Gasteiger partial charge in [0.1, 0.15) is 5.69 Å². The number of aromatic amines is 1. The lowest BCUT2D eigenvalue weighted by Crippen LogP contribution is -2.30.